The van der Waals surface area contributed by atoms with Crippen molar-refractivity contribution in [2.24, 2.45) is 0 Å². The van der Waals surface area contributed by atoms with Crippen LogP contribution in [-0.4, -0.2) is 0 Å². The SMILES string of the molecule is C1=C(SCc2ccccc2)C(SCc2ccccc2)c2cccc3cccc1c23. The van der Waals surface area contributed by atoms with Crippen LogP contribution in [0.2, 0.25) is 0 Å². The summed E-state index contributed by atoms with van der Waals surface area (Å²) in [5, 5.41) is 3.14. The summed E-state index contributed by atoms with van der Waals surface area (Å²) < 4.78 is 0. The molecule has 1 aliphatic carbocycles. The van der Waals surface area contributed by atoms with Crippen LogP contribution in [0.4, 0.5) is 0 Å². The smallest absolute Gasteiger partial charge is 0.0615 e. The van der Waals surface area contributed by atoms with Gasteiger partial charge in [0.05, 0.1) is 5.25 Å². The highest BCUT2D eigenvalue weighted by atomic mass is 32.2. The topological polar surface area (TPSA) is 0 Å². The van der Waals surface area contributed by atoms with E-state index in [0.29, 0.717) is 5.25 Å². The van der Waals surface area contributed by atoms with E-state index in [1.54, 1.807) is 0 Å². The summed E-state index contributed by atoms with van der Waals surface area (Å²) in [6, 6.07) is 35.0. The minimum absolute atomic E-state index is 0.377. The Morgan fingerprint density at radius 3 is 2.00 bits per heavy atom. The largest absolute Gasteiger partial charge is 0.144 e. The van der Waals surface area contributed by atoms with Gasteiger partial charge in [0.2, 0.25) is 0 Å². The number of rotatable bonds is 6. The van der Waals surface area contributed by atoms with E-state index in [1.165, 1.54) is 37.9 Å². The van der Waals surface area contributed by atoms with Gasteiger partial charge < -0.3 is 0 Å². The molecule has 5 rings (SSSR count). The van der Waals surface area contributed by atoms with Crippen LogP contribution in [0.15, 0.2) is 102 Å². The molecule has 0 nitrogen and oxygen atoms in total. The van der Waals surface area contributed by atoms with Crippen molar-refractivity contribution in [2.45, 2.75) is 16.8 Å². The Bertz CT molecular complexity index is 1140. The van der Waals surface area contributed by atoms with Gasteiger partial charge in [-0.1, -0.05) is 97.1 Å². The van der Waals surface area contributed by atoms with Gasteiger partial charge in [-0.05, 0) is 39.1 Å². The maximum atomic E-state index is 2.42. The first-order valence-corrected chi connectivity index (χ1v) is 12.0. The molecule has 0 saturated carbocycles. The lowest BCUT2D eigenvalue weighted by molar-refractivity contribution is 1.21. The van der Waals surface area contributed by atoms with E-state index in [4.69, 9.17) is 0 Å². The molecule has 0 N–H and O–H groups in total. The second kappa shape index (κ2) is 8.52. The second-order valence-corrected chi connectivity index (χ2v) is 9.43. The Kier molecular flexibility index (Phi) is 5.47. The third-order valence-corrected chi connectivity index (χ3v) is 7.97. The van der Waals surface area contributed by atoms with Gasteiger partial charge >= 0.3 is 0 Å². The van der Waals surface area contributed by atoms with Crippen LogP contribution < -0.4 is 0 Å². The third-order valence-electron chi connectivity index (χ3n) is 5.32. The maximum absolute atomic E-state index is 2.42. The van der Waals surface area contributed by atoms with Crippen molar-refractivity contribution in [1.29, 1.82) is 0 Å². The number of benzene rings is 4. The predicted molar refractivity (Wildman–Crippen MR) is 130 cm³/mol. The second-order valence-electron chi connectivity index (χ2n) is 7.29. The summed E-state index contributed by atoms with van der Waals surface area (Å²) in [7, 11) is 0. The highest BCUT2D eigenvalue weighted by Crippen LogP contribution is 2.50. The summed E-state index contributed by atoms with van der Waals surface area (Å²) in [5.74, 6) is 2.03. The molecule has 0 saturated heterocycles. The minimum atomic E-state index is 0.377. The van der Waals surface area contributed by atoms with Gasteiger partial charge in [0.1, 0.15) is 0 Å². The van der Waals surface area contributed by atoms with Gasteiger partial charge in [-0.15, -0.1) is 23.5 Å². The molecule has 1 unspecified atom stereocenters. The zero-order chi connectivity index (χ0) is 19.5. The van der Waals surface area contributed by atoms with Gasteiger partial charge in [0.15, 0.2) is 0 Å². The lowest BCUT2D eigenvalue weighted by Gasteiger charge is -2.27. The average Bonchev–Trinajstić information content (AvgIpc) is 2.79. The van der Waals surface area contributed by atoms with Crippen LogP contribution in [0.1, 0.15) is 27.5 Å². The van der Waals surface area contributed by atoms with E-state index in [0.717, 1.165) is 11.5 Å². The highest BCUT2D eigenvalue weighted by molar-refractivity contribution is 8.05. The molecule has 4 aromatic rings. The summed E-state index contributed by atoms with van der Waals surface area (Å²) in [5.41, 5.74) is 5.57. The van der Waals surface area contributed by atoms with E-state index >= 15 is 0 Å². The highest BCUT2D eigenvalue weighted by Gasteiger charge is 2.25. The molecule has 2 heteroatoms. The van der Waals surface area contributed by atoms with Gasteiger partial charge in [-0.3, -0.25) is 0 Å². The van der Waals surface area contributed by atoms with E-state index in [9.17, 15) is 0 Å². The van der Waals surface area contributed by atoms with Crippen molar-refractivity contribution in [3.8, 4) is 0 Å². The van der Waals surface area contributed by atoms with Crippen molar-refractivity contribution in [2.75, 3.05) is 0 Å². The molecule has 0 amide bonds. The molecule has 0 heterocycles. The number of hydrogen-bond donors (Lipinski definition) is 0. The van der Waals surface area contributed by atoms with Crippen LogP contribution in [-0.2, 0) is 11.5 Å². The Balaban J connectivity index is 1.49. The van der Waals surface area contributed by atoms with Crippen molar-refractivity contribution in [3.63, 3.8) is 0 Å². The van der Waals surface area contributed by atoms with Crippen LogP contribution in [0.3, 0.4) is 0 Å². The van der Waals surface area contributed by atoms with E-state index in [2.05, 4.69) is 103 Å². The number of hydrogen-bond acceptors (Lipinski definition) is 2. The summed E-state index contributed by atoms with van der Waals surface area (Å²) >= 11 is 4.02. The molecule has 0 radical (unpaired) electrons. The Morgan fingerprint density at radius 2 is 1.28 bits per heavy atom. The van der Waals surface area contributed by atoms with Crippen molar-refractivity contribution in [1.82, 2.24) is 0 Å². The van der Waals surface area contributed by atoms with Gasteiger partial charge in [0.25, 0.3) is 0 Å². The molecule has 0 fully saturated rings. The summed E-state index contributed by atoms with van der Waals surface area (Å²) in [4.78, 5) is 1.46. The molecular formula is C27H22S2. The Morgan fingerprint density at radius 1 is 0.621 bits per heavy atom. The lowest BCUT2D eigenvalue weighted by atomic mass is 9.93. The molecule has 0 spiro atoms. The fraction of sp³-hybridized carbons (Fsp3) is 0.111. The Hall–Kier alpha value is -2.42. The first-order chi connectivity index (χ1) is 14.4. The first kappa shape index (κ1) is 18.6. The normalized spacial score (nSPS) is 15.3. The van der Waals surface area contributed by atoms with Crippen LogP contribution in [0, 0.1) is 0 Å². The van der Waals surface area contributed by atoms with E-state index < -0.39 is 0 Å². The molecule has 1 atom stereocenters. The van der Waals surface area contributed by atoms with Gasteiger partial charge in [-0.25, -0.2) is 0 Å². The van der Waals surface area contributed by atoms with Crippen molar-refractivity contribution in [3.05, 3.63) is 124 Å². The van der Waals surface area contributed by atoms with E-state index in [-0.39, 0.29) is 0 Å². The zero-order valence-corrected chi connectivity index (χ0v) is 17.8. The van der Waals surface area contributed by atoms with Gasteiger partial charge in [0, 0.05) is 16.4 Å². The standard InChI is InChI=1S/C27H22S2/c1-3-9-20(10-4-1)18-28-25-17-23-15-7-13-22-14-8-16-24(26(22)23)27(25)29-19-21-11-5-2-6-12-21/h1-17,27H,18-19H2. The van der Waals surface area contributed by atoms with Crippen molar-refractivity contribution < 1.29 is 0 Å². The quantitative estimate of drug-likeness (QED) is 0.315. The molecule has 4 aromatic carbocycles. The number of thioether (sulfide) groups is 2. The first-order valence-electron chi connectivity index (χ1n) is 9.94. The zero-order valence-electron chi connectivity index (χ0n) is 16.1. The summed E-state index contributed by atoms with van der Waals surface area (Å²) in [6.45, 7) is 0. The fourth-order valence-electron chi connectivity index (χ4n) is 3.90. The van der Waals surface area contributed by atoms with Crippen LogP contribution in [0.25, 0.3) is 16.8 Å². The maximum Gasteiger partial charge on any atom is 0.0615 e. The fourth-order valence-corrected chi connectivity index (χ4v) is 6.49. The Labute approximate surface area is 181 Å². The van der Waals surface area contributed by atoms with Crippen molar-refractivity contribution >= 4 is 40.4 Å². The molecule has 0 aliphatic heterocycles. The lowest BCUT2D eigenvalue weighted by Crippen LogP contribution is -2.04. The molecule has 142 valence electrons. The van der Waals surface area contributed by atoms with E-state index in [1.807, 2.05) is 23.5 Å². The molecule has 0 bridgehead atoms. The average molecular weight is 411 g/mol. The molecule has 1 aliphatic rings. The monoisotopic (exact) mass is 410 g/mol. The molecule has 29 heavy (non-hydrogen) atoms. The van der Waals surface area contributed by atoms with Crippen LogP contribution >= 0.6 is 23.5 Å². The molecule has 0 aromatic heterocycles. The minimum Gasteiger partial charge on any atom is -0.144 e. The molecular weight excluding hydrogens is 388 g/mol. The summed E-state index contributed by atoms with van der Waals surface area (Å²) in [6.07, 6.45) is 2.42. The van der Waals surface area contributed by atoms with Gasteiger partial charge in [-0.2, -0.15) is 0 Å². The third kappa shape index (κ3) is 4.01. The van der Waals surface area contributed by atoms with Crippen LogP contribution in [0.5, 0.6) is 0 Å². The predicted octanol–water partition coefficient (Wildman–Crippen LogP) is 8.10.